The number of hydrogen-bond donors (Lipinski definition) is 0. The Morgan fingerprint density at radius 2 is 2.08 bits per heavy atom. The van der Waals surface area contributed by atoms with Crippen LogP contribution in [0.4, 0.5) is 5.69 Å². The maximum absolute atomic E-state index is 12.1. The largest absolute Gasteiger partial charge is 0.475 e. The average Bonchev–Trinajstić information content (AvgIpc) is 2.62. The molecule has 0 bridgehead atoms. The van der Waals surface area contributed by atoms with Crippen LogP contribution < -0.4 is 9.64 Å². The molecule has 2 aromatic carbocycles. The van der Waals surface area contributed by atoms with Crippen LogP contribution in [0.25, 0.3) is 0 Å². The van der Waals surface area contributed by atoms with Crippen LogP contribution in [0.1, 0.15) is 22.8 Å². The minimum atomic E-state index is -0.705. The summed E-state index contributed by atoms with van der Waals surface area (Å²) in [6.45, 7) is 3.12. The third-order valence-electron chi connectivity index (χ3n) is 3.88. The molecule has 5 nitrogen and oxygen atoms in total. The van der Waals surface area contributed by atoms with Gasteiger partial charge >= 0.3 is 5.97 Å². The van der Waals surface area contributed by atoms with E-state index in [-0.39, 0.29) is 0 Å². The van der Waals surface area contributed by atoms with E-state index in [1.165, 1.54) is 0 Å². The van der Waals surface area contributed by atoms with Crippen molar-refractivity contribution < 1.29 is 19.1 Å². The van der Waals surface area contributed by atoms with E-state index in [1.807, 2.05) is 36.4 Å². The van der Waals surface area contributed by atoms with E-state index in [1.54, 1.807) is 19.1 Å². The fourth-order valence-corrected chi connectivity index (χ4v) is 2.76. The van der Waals surface area contributed by atoms with E-state index >= 15 is 0 Å². The van der Waals surface area contributed by atoms with E-state index < -0.39 is 12.1 Å². The predicted octanol–water partition coefficient (Wildman–Crippen LogP) is 2.83. The third kappa shape index (κ3) is 3.40. The topological polar surface area (TPSA) is 55.8 Å². The van der Waals surface area contributed by atoms with Crippen molar-refractivity contribution in [1.82, 2.24) is 0 Å². The molecule has 0 radical (unpaired) electrons. The number of benzene rings is 2. The zero-order valence-corrected chi connectivity index (χ0v) is 13.5. The molecule has 0 amide bonds. The lowest BCUT2D eigenvalue weighted by Crippen LogP contribution is -2.45. The molecule has 0 saturated carbocycles. The molecule has 1 atom stereocenters. The maximum Gasteiger partial charge on any atom is 0.349 e. The Balaban J connectivity index is 1.91. The lowest BCUT2D eigenvalue weighted by atomic mass is 10.1. The summed E-state index contributed by atoms with van der Waals surface area (Å²) in [6, 6.07) is 15.3. The van der Waals surface area contributed by atoms with Gasteiger partial charge in [0, 0.05) is 12.1 Å². The van der Waals surface area contributed by atoms with Crippen molar-refractivity contribution in [3.05, 3.63) is 59.7 Å². The molecule has 0 N–H and O–H groups in total. The Hall–Kier alpha value is -2.82. The van der Waals surface area contributed by atoms with E-state index in [4.69, 9.17) is 9.47 Å². The molecule has 0 aromatic heterocycles. The summed E-state index contributed by atoms with van der Waals surface area (Å²) in [7, 11) is 0. The highest BCUT2D eigenvalue weighted by molar-refractivity contribution is 5.81. The Morgan fingerprint density at radius 1 is 1.29 bits per heavy atom. The molecule has 2 aromatic rings. The second-order valence-electron chi connectivity index (χ2n) is 5.57. The molecule has 0 unspecified atom stereocenters. The van der Waals surface area contributed by atoms with Gasteiger partial charge in [-0.15, -0.1) is 0 Å². The monoisotopic (exact) mass is 325 g/mol. The van der Waals surface area contributed by atoms with Gasteiger partial charge in [0.1, 0.15) is 12.0 Å². The van der Waals surface area contributed by atoms with Crippen LogP contribution in [0.5, 0.6) is 5.75 Å². The molecule has 0 saturated heterocycles. The summed E-state index contributed by atoms with van der Waals surface area (Å²) < 4.78 is 10.9. The first-order valence-electron chi connectivity index (χ1n) is 7.92. The van der Waals surface area contributed by atoms with Crippen LogP contribution in [-0.4, -0.2) is 31.5 Å². The quantitative estimate of drug-likeness (QED) is 0.625. The third-order valence-corrected chi connectivity index (χ3v) is 3.88. The number of carbonyl (C=O) groups excluding carboxylic acids is 2. The van der Waals surface area contributed by atoms with Crippen LogP contribution in [0.2, 0.25) is 0 Å². The van der Waals surface area contributed by atoms with Gasteiger partial charge in [-0.05, 0) is 30.7 Å². The minimum absolute atomic E-state index is 0.304. The Labute approximate surface area is 140 Å². The van der Waals surface area contributed by atoms with Gasteiger partial charge in [-0.2, -0.15) is 0 Å². The molecule has 124 valence electrons. The van der Waals surface area contributed by atoms with Crippen LogP contribution in [0, 0.1) is 0 Å². The normalized spacial score (nSPS) is 16.0. The minimum Gasteiger partial charge on any atom is -0.475 e. The van der Waals surface area contributed by atoms with Gasteiger partial charge in [-0.1, -0.05) is 30.3 Å². The zero-order chi connectivity index (χ0) is 16.9. The number of nitrogens with zero attached hydrogens (tertiary/aromatic N) is 1. The van der Waals surface area contributed by atoms with Crippen LogP contribution >= 0.6 is 0 Å². The molecule has 1 aliphatic rings. The Morgan fingerprint density at radius 3 is 2.79 bits per heavy atom. The SMILES string of the molecule is CCOC(=O)[C@H]1CN(Cc2ccccc2)c2ccc(C=O)cc2O1. The van der Waals surface area contributed by atoms with Gasteiger partial charge < -0.3 is 14.4 Å². The summed E-state index contributed by atoms with van der Waals surface area (Å²) in [5.74, 6) is 0.137. The lowest BCUT2D eigenvalue weighted by Gasteiger charge is -2.35. The van der Waals surface area contributed by atoms with Gasteiger partial charge in [0.2, 0.25) is 6.10 Å². The summed E-state index contributed by atoms with van der Waals surface area (Å²) in [5.41, 5.74) is 2.51. The molecule has 24 heavy (non-hydrogen) atoms. The summed E-state index contributed by atoms with van der Waals surface area (Å²) in [5, 5.41) is 0. The van der Waals surface area contributed by atoms with Crippen molar-refractivity contribution in [3.63, 3.8) is 0 Å². The molecule has 5 heteroatoms. The molecule has 0 fully saturated rings. The zero-order valence-electron chi connectivity index (χ0n) is 13.5. The highest BCUT2D eigenvalue weighted by atomic mass is 16.6. The van der Waals surface area contributed by atoms with Gasteiger partial charge in [0.05, 0.1) is 18.8 Å². The smallest absolute Gasteiger partial charge is 0.349 e. The predicted molar refractivity (Wildman–Crippen MR) is 90.4 cm³/mol. The molecule has 1 aliphatic heterocycles. The number of fused-ring (bicyclic) bond motifs is 1. The fraction of sp³-hybridized carbons (Fsp3) is 0.263. The Bertz CT molecular complexity index is 729. The molecular weight excluding hydrogens is 306 g/mol. The molecule has 0 spiro atoms. The summed E-state index contributed by atoms with van der Waals surface area (Å²) >= 11 is 0. The summed E-state index contributed by atoms with van der Waals surface area (Å²) in [6.07, 6.45) is 0.0576. The van der Waals surface area contributed by atoms with Crippen molar-refractivity contribution in [2.24, 2.45) is 0 Å². The first-order valence-corrected chi connectivity index (χ1v) is 7.92. The first kappa shape index (κ1) is 16.1. The first-order chi connectivity index (χ1) is 11.7. The summed E-state index contributed by atoms with van der Waals surface area (Å²) in [4.78, 5) is 25.2. The van der Waals surface area contributed by atoms with Crippen LogP contribution in [-0.2, 0) is 16.1 Å². The number of aldehydes is 1. The van der Waals surface area contributed by atoms with Crippen molar-refractivity contribution in [2.75, 3.05) is 18.1 Å². The Kier molecular flexibility index (Phi) is 4.79. The number of anilines is 1. The maximum atomic E-state index is 12.1. The van der Waals surface area contributed by atoms with Crippen LogP contribution in [0.3, 0.4) is 0 Å². The van der Waals surface area contributed by atoms with Gasteiger partial charge in [-0.3, -0.25) is 4.79 Å². The number of carbonyl (C=O) groups is 2. The van der Waals surface area contributed by atoms with Crippen molar-refractivity contribution in [2.45, 2.75) is 19.6 Å². The molecule has 3 rings (SSSR count). The van der Waals surface area contributed by atoms with E-state index in [2.05, 4.69) is 4.90 Å². The number of esters is 1. The fourth-order valence-electron chi connectivity index (χ4n) is 2.76. The van der Waals surface area contributed by atoms with E-state index in [0.29, 0.717) is 31.0 Å². The molecular formula is C19H19NO4. The van der Waals surface area contributed by atoms with Crippen LogP contribution in [0.15, 0.2) is 48.5 Å². The van der Waals surface area contributed by atoms with E-state index in [0.717, 1.165) is 17.5 Å². The second kappa shape index (κ2) is 7.17. The van der Waals surface area contributed by atoms with E-state index in [9.17, 15) is 9.59 Å². The standard InChI is InChI=1S/C19H19NO4/c1-2-23-19(22)18-12-20(11-14-6-4-3-5-7-14)16-9-8-15(13-21)10-17(16)24-18/h3-10,13,18H,2,11-12H2,1H3/t18-/m1/s1. The molecule has 1 heterocycles. The number of rotatable bonds is 5. The highest BCUT2D eigenvalue weighted by Crippen LogP contribution is 2.35. The number of ether oxygens (including phenoxy) is 2. The van der Waals surface area contributed by atoms with Crippen molar-refractivity contribution in [1.29, 1.82) is 0 Å². The second-order valence-corrected chi connectivity index (χ2v) is 5.57. The van der Waals surface area contributed by atoms with Gasteiger partial charge in [-0.25, -0.2) is 4.79 Å². The highest BCUT2D eigenvalue weighted by Gasteiger charge is 2.32. The number of hydrogen-bond acceptors (Lipinski definition) is 5. The van der Waals surface area contributed by atoms with Gasteiger partial charge in [0.25, 0.3) is 0 Å². The van der Waals surface area contributed by atoms with Crippen molar-refractivity contribution >= 4 is 17.9 Å². The average molecular weight is 325 g/mol. The van der Waals surface area contributed by atoms with Gasteiger partial charge in [0.15, 0.2) is 0 Å². The molecule has 0 aliphatic carbocycles. The van der Waals surface area contributed by atoms with Crippen molar-refractivity contribution in [3.8, 4) is 5.75 Å². The lowest BCUT2D eigenvalue weighted by molar-refractivity contribution is -0.151.